The van der Waals surface area contributed by atoms with E-state index in [1.54, 1.807) is 17.2 Å². The van der Waals surface area contributed by atoms with Gasteiger partial charge in [-0.3, -0.25) is 53.5 Å². The van der Waals surface area contributed by atoms with Crippen LogP contribution in [-0.4, -0.2) is 122 Å². The van der Waals surface area contributed by atoms with Gasteiger partial charge in [-0.15, -0.1) is 0 Å². The maximum Gasteiger partial charge on any atom is 0.257 e. The monoisotopic (exact) mass is 983 g/mol. The number of nitrogens with two attached hydrogens (primary N) is 1. The molecule has 3 atom stereocenters. The molecule has 3 aromatic heterocycles. The van der Waals surface area contributed by atoms with Crippen molar-refractivity contribution in [3.63, 3.8) is 0 Å². The van der Waals surface area contributed by atoms with E-state index in [2.05, 4.69) is 57.1 Å². The van der Waals surface area contributed by atoms with E-state index in [4.69, 9.17) is 5.73 Å². The molecule has 3 fully saturated rings. The van der Waals surface area contributed by atoms with Crippen molar-refractivity contribution in [2.45, 2.75) is 96.8 Å². The molecule has 10 rings (SSSR count). The first-order valence-corrected chi connectivity index (χ1v) is 25.3. The van der Waals surface area contributed by atoms with Gasteiger partial charge in [0.05, 0.1) is 23.0 Å². The Morgan fingerprint density at radius 3 is 2.42 bits per heavy atom. The first kappa shape index (κ1) is 49.0. The van der Waals surface area contributed by atoms with Crippen LogP contribution in [0, 0.1) is 24.5 Å². The van der Waals surface area contributed by atoms with Gasteiger partial charge in [0.1, 0.15) is 17.5 Å². The minimum absolute atomic E-state index is 0.0564. The molecule has 72 heavy (non-hydrogen) atoms. The minimum Gasteiger partial charge on any atom is -0.396 e. The van der Waals surface area contributed by atoms with E-state index in [9.17, 15) is 28.4 Å². The summed E-state index contributed by atoms with van der Waals surface area (Å²) in [5.41, 5.74) is 11.7. The van der Waals surface area contributed by atoms with Crippen LogP contribution in [0.1, 0.15) is 104 Å². The number of anilines is 2. The highest BCUT2D eigenvalue weighted by Crippen LogP contribution is 2.44. The molecule has 17 heteroatoms. The number of likely N-dealkylation sites (tertiary alicyclic amines) is 1. The number of benzene rings is 2. The van der Waals surface area contributed by atoms with Crippen molar-refractivity contribution in [1.82, 2.24) is 39.0 Å². The average Bonchev–Trinajstić information content (AvgIpc) is 3.79. The van der Waals surface area contributed by atoms with Gasteiger partial charge >= 0.3 is 0 Å². The number of nitrogen functional groups attached to an aromatic ring is 1. The number of nitrogens with zero attached hydrogens (tertiary/aromatic N) is 8. The second kappa shape index (κ2) is 19.1. The molecule has 4 amide bonds. The van der Waals surface area contributed by atoms with Crippen molar-refractivity contribution in [3.8, 4) is 5.69 Å². The van der Waals surface area contributed by atoms with E-state index >= 15 is 4.39 Å². The number of pyridine rings is 2. The fraction of sp³-hybridized carbons (Fsp3) is 0.455. The highest BCUT2D eigenvalue weighted by molar-refractivity contribution is 6.13. The Morgan fingerprint density at radius 2 is 1.71 bits per heavy atom. The number of carbonyl (C=O) groups is 4. The normalized spacial score (nSPS) is 21.8. The lowest BCUT2D eigenvalue weighted by atomic mass is 9.85. The SMILES string of the molecule is Cc1cc(C(=O)N2CCC(CN3CCN(Cc4ccc5c(c4)C(C)(C)C(=O)N5[C@H]4CCC(=O)NC4=O)C[C@@H]3C)CC2)cc(F)c1C1=CCN([C@@H](C)c2cc3c(-n4cc(F)c(N)cc4=O)ccnc3n2C)CC1. The van der Waals surface area contributed by atoms with Crippen molar-refractivity contribution in [3.05, 3.63) is 123 Å². The number of aromatic nitrogens is 3. The number of halogens is 2. The molecule has 5 aromatic rings. The Labute approximate surface area is 418 Å². The summed E-state index contributed by atoms with van der Waals surface area (Å²) < 4.78 is 33.8. The van der Waals surface area contributed by atoms with E-state index in [1.165, 1.54) is 10.6 Å². The van der Waals surface area contributed by atoms with Crippen LogP contribution in [0.2, 0.25) is 0 Å². The minimum atomic E-state index is -0.789. The van der Waals surface area contributed by atoms with Gasteiger partial charge in [-0.25, -0.2) is 13.8 Å². The third-order valence-corrected chi connectivity index (χ3v) is 16.2. The lowest BCUT2D eigenvalue weighted by Crippen LogP contribution is -2.55. The average molecular weight is 983 g/mol. The van der Waals surface area contributed by atoms with Crippen molar-refractivity contribution in [1.29, 1.82) is 0 Å². The number of piperidine rings is 2. The highest BCUT2D eigenvalue weighted by atomic mass is 19.1. The molecule has 0 aliphatic carbocycles. The molecule has 15 nitrogen and oxygen atoms in total. The summed E-state index contributed by atoms with van der Waals surface area (Å²) >= 11 is 0. The lowest BCUT2D eigenvalue weighted by Gasteiger charge is -2.42. The zero-order chi connectivity index (χ0) is 50.9. The van der Waals surface area contributed by atoms with Gasteiger partial charge in [-0.1, -0.05) is 18.2 Å². The zero-order valence-electron chi connectivity index (χ0n) is 42.0. The van der Waals surface area contributed by atoms with Crippen molar-refractivity contribution in [2.75, 3.05) is 63.0 Å². The summed E-state index contributed by atoms with van der Waals surface area (Å²) in [6.07, 6.45) is 7.70. The number of amides is 4. The Morgan fingerprint density at radius 1 is 0.931 bits per heavy atom. The number of rotatable bonds is 10. The summed E-state index contributed by atoms with van der Waals surface area (Å²) in [6.45, 7) is 17.0. The van der Waals surface area contributed by atoms with Gasteiger partial charge in [0.25, 0.3) is 11.5 Å². The van der Waals surface area contributed by atoms with Crippen molar-refractivity contribution < 1.29 is 28.0 Å². The van der Waals surface area contributed by atoms with E-state index in [0.717, 1.165) is 91.5 Å². The zero-order valence-corrected chi connectivity index (χ0v) is 42.0. The molecule has 0 unspecified atom stereocenters. The second-order valence-electron chi connectivity index (χ2n) is 21.2. The molecule has 3 saturated heterocycles. The second-order valence-corrected chi connectivity index (χ2v) is 21.2. The Balaban J connectivity index is 0.718. The van der Waals surface area contributed by atoms with Crippen LogP contribution in [0.15, 0.2) is 71.8 Å². The Kier molecular flexibility index (Phi) is 13.0. The van der Waals surface area contributed by atoms with Crippen LogP contribution in [0.25, 0.3) is 22.3 Å². The summed E-state index contributed by atoms with van der Waals surface area (Å²) in [7, 11) is 1.92. The predicted octanol–water partition coefficient (Wildman–Crippen LogP) is 6.23. The Bertz CT molecular complexity index is 3090. The van der Waals surface area contributed by atoms with Crippen LogP contribution >= 0.6 is 0 Å². The van der Waals surface area contributed by atoms with Crippen LogP contribution < -0.4 is 21.5 Å². The molecule has 8 heterocycles. The number of piperazine rings is 1. The topological polar surface area (TPSA) is 162 Å². The first-order chi connectivity index (χ1) is 34.4. The molecule has 0 saturated carbocycles. The number of aryl methyl sites for hydroxylation is 2. The number of fused-ring (bicyclic) bond motifs is 2. The third-order valence-electron chi connectivity index (χ3n) is 16.2. The number of nitrogens with one attached hydrogen (secondary N) is 1. The molecule has 0 bridgehead atoms. The summed E-state index contributed by atoms with van der Waals surface area (Å²) in [6, 6.07) is 13.7. The maximum absolute atomic E-state index is 16.1. The van der Waals surface area contributed by atoms with Crippen molar-refractivity contribution in [2.24, 2.45) is 13.0 Å². The van der Waals surface area contributed by atoms with Crippen LogP contribution in [0.4, 0.5) is 20.2 Å². The summed E-state index contributed by atoms with van der Waals surface area (Å²) in [4.78, 5) is 80.3. The van der Waals surface area contributed by atoms with Crippen LogP contribution in [0.5, 0.6) is 0 Å². The smallest absolute Gasteiger partial charge is 0.257 e. The first-order valence-electron chi connectivity index (χ1n) is 25.3. The third kappa shape index (κ3) is 8.93. The van der Waals surface area contributed by atoms with Gasteiger partial charge in [0, 0.05) is 125 Å². The van der Waals surface area contributed by atoms with Gasteiger partial charge < -0.3 is 15.2 Å². The molecule has 5 aliphatic rings. The molecular formula is C55H64F2N10O5. The molecule has 0 spiro atoms. The highest BCUT2D eigenvalue weighted by Gasteiger charge is 2.49. The molecule has 378 valence electrons. The number of hydrogen-bond acceptors (Lipinski definition) is 10. The molecule has 5 aliphatic heterocycles. The van der Waals surface area contributed by atoms with Gasteiger partial charge in [0.2, 0.25) is 17.7 Å². The fourth-order valence-electron chi connectivity index (χ4n) is 12.0. The van der Waals surface area contributed by atoms with Gasteiger partial charge in [-0.05, 0) is 119 Å². The predicted molar refractivity (Wildman–Crippen MR) is 272 cm³/mol. The van der Waals surface area contributed by atoms with Gasteiger partial charge in [-0.2, -0.15) is 0 Å². The standard InChI is InChI=1S/C55H64F2N10O5/c1-32-23-38(25-41(56)50(32)37-14-19-63(20-15-37)34(3)47-26-39-44(11-16-59-51(39)61(47)6)66-31-42(57)43(58)27-49(66)69)53(71)64-17-12-35(13-18-64)30-65-22-21-62(28-33(65)2)29-36-7-8-45-40(24-36)55(4,5)54(72)67(45)46-9-10-48(68)60-52(46)70/h7-8,11,14,16,23-27,31,33-35,46H,9-10,12-13,15,17-22,28-30,58H2,1-6H3,(H,60,68,70)/t33-,34-,46-/m0/s1. The number of carbonyl (C=O) groups excluding carboxylic acids is 4. The molecule has 0 radical (unpaired) electrons. The number of imide groups is 1. The van der Waals surface area contributed by atoms with Crippen LogP contribution in [0.3, 0.4) is 0 Å². The largest absolute Gasteiger partial charge is 0.396 e. The molecule has 2 aromatic carbocycles. The quantitative estimate of drug-likeness (QED) is 0.154. The van der Waals surface area contributed by atoms with Crippen molar-refractivity contribution >= 4 is 51.6 Å². The van der Waals surface area contributed by atoms with E-state index in [-0.39, 0.29) is 41.7 Å². The van der Waals surface area contributed by atoms with Crippen LogP contribution in [-0.2, 0) is 33.4 Å². The van der Waals surface area contributed by atoms with E-state index < -0.39 is 28.7 Å². The maximum atomic E-state index is 16.1. The van der Waals surface area contributed by atoms with E-state index in [0.29, 0.717) is 78.8 Å². The Hall–Kier alpha value is -6.56. The summed E-state index contributed by atoms with van der Waals surface area (Å²) in [5, 5.41) is 3.11. The molecule has 3 N–H and O–H groups in total. The fourth-order valence-corrected chi connectivity index (χ4v) is 12.0. The lowest BCUT2D eigenvalue weighted by molar-refractivity contribution is -0.136. The summed E-state index contributed by atoms with van der Waals surface area (Å²) in [5.74, 6) is -1.60. The number of hydrogen-bond donors (Lipinski definition) is 2. The molecular weight excluding hydrogens is 919 g/mol. The van der Waals surface area contributed by atoms with Gasteiger partial charge in [0.15, 0.2) is 5.82 Å². The van der Waals surface area contributed by atoms with E-state index in [1.807, 2.05) is 55.5 Å².